The van der Waals surface area contributed by atoms with Gasteiger partial charge in [0.1, 0.15) is 12.7 Å². The summed E-state index contributed by atoms with van der Waals surface area (Å²) in [7, 11) is -1.92. The lowest BCUT2D eigenvalue weighted by atomic mass is 9.98. The number of nitrogens with zero attached hydrogens (tertiary/aromatic N) is 2. The van der Waals surface area contributed by atoms with E-state index in [1.807, 2.05) is 32.0 Å². The highest BCUT2D eigenvalue weighted by Crippen LogP contribution is 2.40. The van der Waals surface area contributed by atoms with Crippen LogP contribution in [0, 0.1) is 11.5 Å². The van der Waals surface area contributed by atoms with E-state index in [4.69, 9.17) is 0 Å². The molecule has 2 rings (SSSR count). The van der Waals surface area contributed by atoms with Gasteiger partial charge in [0.15, 0.2) is 0 Å². The van der Waals surface area contributed by atoms with Crippen LogP contribution in [0.4, 0.5) is 0 Å². The summed E-state index contributed by atoms with van der Waals surface area (Å²) in [6, 6.07) is 7.45. The minimum Gasteiger partial charge on any atom is -0.341 e. The van der Waals surface area contributed by atoms with Crippen molar-refractivity contribution in [3.63, 3.8) is 0 Å². The van der Waals surface area contributed by atoms with Gasteiger partial charge in [-0.2, -0.15) is 0 Å². The number of carbonyl (C=O) groups is 1. The number of halogens is 1. The number of amides is 1. The molecule has 0 fully saturated rings. The average Bonchev–Trinajstić information content (AvgIpc) is 2.68. The van der Waals surface area contributed by atoms with Gasteiger partial charge in [-0.15, -0.1) is 5.54 Å². The summed E-state index contributed by atoms with van der Waals surface area (Å²) in [6.45, 7) is 17.6. The summed E-state index contributed by atoms with van der Waals surface area (Å²) in [5, 5.41) is 3.12. The minimum atomic E-state index is -1.92. The minimum absolute atomic E-state index is 0.186. The lowest BCUT2D eigenvalue weighted by Crippen LogP contribution is -2.43. The molecule has 6 heteroatoms. The lowest BCUT2D eigenvalue weighted by molar-refractivity contribution is 0.0910. The third-order valence-electron chi connectivity index (χ3n) is 6.13. The Morgan fingerprint density at radius 3 is 2.19 bits per heavy atom. The zero-order valence-electron chi connectivity index (χ0n) is 19.9. The van der Waals surface area contributed by atoms with Crippen molar-refractivity contribution in [2.24, 2.45) is 0 Å². The Labute approximate surface area is 196 Å². The second kappa shape index (κ2) is 10.1. The van der Waals surface area contributed by atoms with Crippen LogP contribution in [-0.2, 0) is 5.54 Å². The molecule has 0 aliphatic carbocycles. The van der Waals surface area contributed by atoms with Crippen LogP contribution in [0.25, 0.3) is 0 Å². The van der Waals surface area contributed by atoms with Crippen molar-refractivity contribution >= 4 is 29.9 Å². The zero-order chi connectivity index (χ0) is 23.4. The quantitative estimate of drug-likeness (QED) is 0.281. The van der Waals surface area contributed by atoms with Gasteiger partial charge < -0.3 is 5.32 Å². The van der Waals surface area contributed by atoms with E-state index in [2.05, 4.69) is 84.2 Å². The first-order valence-corrected chi connectivity index (χ1v) is 13.9. The summed E-state index contributed by atoms with van der Waals surface area (Å²) in [5.74, 6) is 3.20. The summed E-state index contributed by atoms with van der Waals surface area (Å²) in [6.07, 6.45) is 3.43. The Hall–Kier alpha value is -1.97. The van der Waals surface area contributed by atoms with Gasteiger partial charge in [-0.05, 0) is 64.6 Å². The van der Waals surface area contributed by atoms with Crippen LogP contribution in [0.15, 0.2) is 41.3 Å². The third kappa shape index (κ3) is 5.64. The summed E-state index contributed by atoms with van der Waals surface area (Å²) in [4.78, 5) is 22.0. The first-order chi connectivity index (χ1) is 14.4. The van der Waals surface area contributed by atoms with Crippen molar-refractivity contribution in [2.45, 2.75) is 77.6 Å². The maximum Gasteiger partial charge on any atom is 0.253 e. The second-order valence-corrected chi connectivity index (χ2v) is 15.9. The molecule has 0 aromatic carbocycles. The van der Waals surface area contributed by atoms with E-state index in [0.717, 1.165) is 5.69 Å². The van der Waals surface area contributed by atoms with Gasteiger partial charge in [-0.25, -0.2) is 4.98 Å². The fraction of sp³-hybridized carbons (Fsp3) is 0.480. The van der Waals surface area contributed by atoms with Crippen molar-refractivity contribution < 1.29 is 4.79 Å². The van der Waals surface area contributed by atoms with E-state index in [0.29, 0.717) is 32.4 Å². The largest absolute Gasteiger partial charge is 0.341 e. The zero-order valence-corrected chi connectivity index (χ0v) is 22.5. The first kappa shape index (κ1) is 25.3. The fourth-order valence-corrected chi connectivity index (χ4v) is 10.0. The highest BCUT2D eigenvalue weighted by Gasteiger charge is 2.41. The molecule has 0 radical (unpaired) electrons. The van der Waals surface area contributed by atoms with Crippen LogP contribution in [0.3, 0.4) is 0 Å². The average molecular weight is 501 g/mol. The lowest BCUT2D eigenvalue weighted by Gasteiger charge is -2.38. The van der Waals surface area contributed by atoms with Gasteiger partial charge in [0.25, 0.3) is 5.91 Å². The molecule has 2 aromatic rings. The van der Waals surface area contributed by atoms with E-state index < -0.39 is 13.6 Å². The molecule has 166 valence electrons. The summed E-state index contributed by atoms with van der Waals surface area (Å²) >= 11 is 3.41. The number of carbonyl (C=O) groups excluding carboxylic acids is 1. The highest BCUT2D eigenvalue weighted by molar-refractivity contribution is 9.10. The number of hydrogen-bond donors (Lipinski definition) is 1. The van der Waals surface area contributed by atoms with Crippen molar-refractivity contribution in [1.82, 2.24) is 15.3 Å². The molecule has 1 N–H and O–H groups in total. The van der Waals surface area contributed by atoms with Gasteiger partial charge in [0.05, 0.1) is 22.4 Å². The van der Waals surface area contributed by atoms with Gasteiger partial charge in [0, 0.05) is 12.4 Å². The molecule has 0 aliphatic heterocycles. The SMILES string of the molecule is CC(C)[Si](C#Cc1cnc(Br)cc1C(=O)NC(C)(C)c1ccccn1)(C(C)C)C(C)C. The fourth-order valence-electron chi connectivity index (χ4n) is 4.47. The molecule has 0 saturated carbocycles. The number of hydrogen-bond acceptors (Lipinski definition) is 3. The molecular formula is C25H34BrN3OSi. The second-order valence-electron chi connectivity index (χ2n) is 9.49. The van der Waals surface area contributed by atoms with Crippen LogP contribution in [0.5, 0.6) is 0 Å². The normalized spacial score (nSPS) is 12.1. The van der Waals surface area contributed by atoms with E-state index in [1.165, 1.54) is 0 Å². The number of aromatic nitrogens is 2. The van der Waals surface area contributed by atoms with Crippen molar-refractivity contribution in [3.8, 4) is 11.5 Å². The van der Waals surface area contributed by atoms with Crippen LogP contribution in [-0.4, -0.2) is 23.9 Å². The van der Waals surface area contributed by atoms with Gasteiger partial charge in [0.2, 0.25) is 0 Å². The predicted octanol–water partition coefficient (Wildman–Crippen LogP) is 6.47. The van der Waals surface area contributed by atoms with Crippen molar-refractivity contribution in [2.75, 3.05) is 0 Å². The van der Waals surface area contributed by atoms with Crippen LogP contribution < -0.4 is 5.32 Å². The van der Waals surface area contributed by atoms with Crippen LogP contribution >= 0.6 is 15.9 Å². The summed E-state index contributed by atoms with van der Waals surface area (Å²) in [5.41, 5.74) is 6.62. The summed E-state index contributed by atoms with van der Waals surface area (Å²) < 4.78 is 0.610. The Morgan fingerprint density at radius 2 is 1.68 bits per heavy atom. The Bertz CT molecular complexity index is 953. The molecule has 4 nitrogen and oxygen atoms in total. The molecule has 0 bridgehead atoms. The van der Waals surface area contributed by atoms with Crippen LogP contribution in [0.1, 0.15) is 77.0 Å². The van der Waals surface area contributed by atoms with Crippen LogP contribution in [0.2, 0.25) is 16.6 Å². The number of rotatable bonds is 6. The first-order valence-electron chi connectivity index (χ1n) is 10.8. The maximum absolute atomic E-state index is 13.3. The van der Waals surface area contributed by atoms with E-state index in [9.17, 15) is 4.79 Å². The maximum atomic E-state index is 13.3. The molecule has 0 atom stereocenters. The predicted molar refractivity (Wildman–Crippen MR) is 135 cm³/mol. The van der Waals surface area contributed by atoms with E-state index >= 15 is 0 Å². The van der Waals surface area contributed by atoms with Gasteiger partial charge in [-0.3, -0.25) is 9.78 Å². The van der Waals surface area contributed by atoms with E-state index in [-0.39, 0.29) is 5.91 Å². The highest BCUT2D eigenvalue weighted by atomic mass is 79.9. The van der Waals surface area contributed by atoms with Crippen molar-refractivity contribution in [3.05, 3.63) is 58.1 Å². The molecule has 0 aliphatic rings. The smallest absolute Gasteiger partial charge is 0.253 e. The topological polar surface area (TPSA) is 54.9 Å². The molecule has 0 spiro atoms. The Morgan fingerprint density at radius 1 is 1.06 bits per heavy atom. The molecular weight excluding hydrogens is 466 g/mol. The number of pyridine rings is 2. The third-order valence-corrected chi connectivity index (χ3v) is 12.8. The molecule has 2 heterocycles. The molecule has 1 amide bonds. The Balaban J connectivity index is 2.48. The molecule has 31 heavy (non-hydrogen) atoms. The van der Waals surface area contributed by atoms with Gasteiger partial charge >= 0.3 is 0 Å². The standard InChI is InChI=1S/C25H34BrN3OSi/c1-17(2)31(18(3)4,19(5)6)14-12-20-16-28-23(26)15-21(20)24(30)29-25(7,8)22-11-9-10-13-27-22/h9-11,13,15-19H,1-8H3,(H,29,30). The van der Waals surface area contributed by atoms with Crippen molar-refractivity contribution in [1.29, 1.82) is 0 Å². The molecule has 0 unspecified atom stereocenters. The Kier molecular flexibility index (Phi) is 8.24. The molecule has 0 saturated heterocycles. The number of nitrogens with one attached hydrogen (secondary N) is 1. The molecule has 2 aromatic heterocycles. The monoisotopic (exact) mass is 499 g/mol. The van der Waals surface area contributed by atoms with Gasteiger partial charge in [-0.1, -0.05) is 53.5 Å². The van der Waals surface area contributed by atoms with E-state index in [1.54, 1.807) is 18.5 Å².